The summed E-state index contributed by atoms with van der Waals surface area (Å²) in [5.41, 5.74) is 5.01. The van der Waals surface area contributed by atoms with Gasteiger partial charge in [-0.1, -0.05) is 18.2 Å². The van der Waals surface area contributed by atoms with Gasteiger partial charge in [-0.05, 0) is 50.8 Å². The zero-order valence-corrected chi connectivity index (χ0v) is 14.5. The van der Waals surface area contributed by atoms with Crippen LogP contribution in [-0.4, -0.2) is 27.5 Å². The highest BCUT2D eigenvalue weighted by molar-refractivity contribution is 7.99. The van der Waals surface area contributed by atoms with Gasteiger partial charge in [0.2, 0.25) is 5.91 Å². The number of para-hydroxylation sites is 1. The summed E-state index contributed by atoms with van der Waals surface area (Å²) in [6, 6.07) is 10.5. The Kier molecular flexibility index (Phi) is 5.06. The molecule has 0 bridgehead atoms. The molecular formula is C18H23N3OS. The van der Waals surface area contributed by atoms with E-state index in [1.807, 2.05) is 32.0 Å². The van der Waals surface area contributed by atoms with Crippen LogP contribution >= 0.6 is 11.8 Å². The number of nitrogens with zero attached hydrogens (tertiary/aromatic N) is 2. The van der Waals surface area contributed by atoms with Gasteiger partial charge in [0.25, 0.3) is 0 Å². The largest absolute Gasteiger partial charge is 0.353 e. The molecule has 1 N–H and O–H groups in total. The molecule has 0 spiro atoms. The Morgan fingerprint density at radius 3 is 2.83 bits per heavy atom. The van der Waals surface area contributed by atoms with E-state index in [9.17, 15) is 4.79 Å². The summed E-state index contributed by atoms with van der Waals surface area (Å²) in [6.07, 6.45) is 3.40. The standard InChI is InChI=1S/C18H23N3OS/c1-13(2)19-18(22)12-23-11-16-15-9-6-10-17(15)21(20-16)14-7-4-3-5-8-14/h3-5,7-8,13H,6,9-12H2,1-2H3,(H,19,22). The molecule has 0 atom stereocenters. The minimum atomic E-state index is 0.101. The molecule has 1 aliphatic carbocycles. The smallest absolute Gasteiger partial charge is 0.230 e. The van der Waals surface area contributed by atoms with Gasteiger partial charge in [-0.15, -0.1) is 11.8 Å². The van der Waals surface area contributed by atoms with Gasteiger partial charge in [0.15, 0.2) is 0 Å². The molecule has 0 aliphatic heterocycles. The summed E-state index contributed by atoms with van der Waals surface area (Å²) in [5.74, 6) is 1.39. The third-order valence-corrected chi connectivity index (χ3v) is 4.88. The van der Waals surface area contributed by atoms with E-state index in [4.69, 9.17) is 5.10 Å². The molecule has 5 heteroatoms. The fraction of sp³-hybridized carbons (Fsp3) is 0.444. The molecule has 1 aromatic heterocycles. The van der Waals surface area contributed by atoms with E-state index in [1.165, 1.54) is 17.7 Å². The molecule has 0 radical (unpaired) electrons. The third kappa shape index (κ3) is 3.78. The number of thioether (sulfide) groups is 1. The lowest BCUT2D eigenvalue weighted by Crippen LogP contribution is -2.31. The van der Waals surface area contributed by atoms with Gasteiger partial charge in [-0.25, -0.2) is 4.68 Å². The molecule has 1 amide bonds. The maximum atomic E-state index is 11.7. The molecule has 0 saturated heterocycles. The van der Waals surface area contributed by atoms with Crippen molar-refractivity contribution in [1.82, 2.24) is 15.1 Å². The second kappa shape index (κ2) is 7.21. The Morgan fingerprint density at radius 2 is 2.09 bits per heavy atom. The van der Waals surface area contributed by atoms with Crippen molar-refractivity contribution in [1.29, 1.82) is 0 Å². The predicted octanol–water partition coefficient (Wildman–Crippen LogP) is 3.12. The van der Waals surface area contributed by atoms with Crippen LogP contribution in [0, 0.1) is 0 Å². The first-order valence-corrected chi connectivity index (χ1v) is 9.33. The van der Waals surface area contributed by atoms with E-state index in [0.717, 1.165) is 30.0 Å². The molecule has 2 aromatic rings. The number of carbonyl (C=O) groups is 1. The van der Waals surface area contributed by atoms with Gasteiger partial charge in [0, 0.05) is 17.5 Å². The van der Waals surface area contributed by atoms with Crippen LogP contribution in [0.2, 0.25) is 0 Å². The lowest BCUT2D eigenvalue weighted by Gasteiger charge is -2.07. The van der Waals surface area contributed by atoms with Crippen molar-refractivity contribution in [3.8, 4) is 5.69 Å². The van der Waals surface area contributed by atoms with E-state index in [0.29, 0.717) is 5.75 Å². The fourth-order valence-corrected chi connectivity index (χ4v) is 3.81. The summed E-state index contributed by atoms with van der Waals surface area (Å²) in [7, 11) is 0. The topological polar surface area (TPSA) is 46.9 Å². The van der Waals surface area contributed by atoms with Crippen LogP contribution in [0.25, 0.3) is 5.69 Å². The number of amides is 1. The zero-order chi connectivity index (χ0) is 16.2. The minimum Gasteiger partial charge on any atom is -0.353 e. The number of rotatable bonds is 6. The average molecular weight is 329 g/mol. The summed E-state index contributed by atoms with van der Waals surface area (Å²) in [5, 5.41) is 7.75. The summed E-state index contributed by atoms with van der Waals surface area (Å²) in [4.78, 5) is 11.7. The van der Waals surface area contributed by atoms with Gasteiger partial charge < -0.3 is 5.32 Å². The van der Waals surface area contributed by atoms with E-state index in [2.05, 4.69) is 22.1 Å². The van der Waals surface area contributed by atoms with Gasteiger partial charge >= 0.3 is 0 Å². The molecule has 4 nitrogen and oxygen atoms in total. The van der Waals surface area contributed by atoms with Crippen molar-refractivity contribution in [2.45, 2.75) is 44.9 Å². The van der Waals surface area contributed by atoms with Crippen LogP contribution in [0.1, 0.15) is 37.2 Å². The van der Waals surface area contributed by atoms with Crippen molar-refractivity contribution in [3.63, 3.8) is 0 Å². The van der Waals surface area contributed by atoms with Crippen LogP contribution in [0.15, 0.2) is 30.3 Å². The van der Waals surface area contributed by atoms with Crippen LogP contribution in [0.5, 0.6) is 0 Å². The molecule has 1 aliphatic rings. The minimum absolute atomic E-state index is 0.101. The molecule has 1 aromatic carbocycles. The van der Waals surface area contributed by atoms with Crippen molar-refractivity contribution in [2.75, 3.05) is 5.75 Å². The monoisotopic (exact) mass is 329 g/mol. The maximum Gasteiger partial charge on any atom is 0.230 e. The zero-order valence-electron chi connectivity index (χ0n) is 13.7. The molecular weight excluding hydrogens is 306 g/mol. The Bertz CT molecular complexity index is 679. The molecule has 23 heavy (non-hydrogen) atoms. The van der Waals surface area contributed by atoms with Gasteiger partial charge in [-0.2, -0.15) is 5.10 Å². The van der Waals surface area contributed by atoms with Crippen molar-refractivity contribution in [3.05, 3.63) is 47.3 Å². The molecule has 0 fully saturated rings. The number of carbonyl (C=O) groups excluding carboxylic acids is 1. The Hall–Kier alpha value is -1.75. The number of benzene rings is 1. The Morgan fingerprint density at radius 1 is 1.30 bits per heavy atom. The molecule has 122 valence electrons. The van der Waals surface area contributed by atoms with E-state index in [-0.39, 0.29) is 11.9 Å². The predicted molar refractivity (Wildman–Crippen MR) is 95.0 cm³/mol. The van der Waals surface area contributed by atoms with E-state index >= 15 is 0 Å². The first-order chi connectivity index (χ1) is 11.1. The second-order valence-electron chi connectivity index (χ2n) is 6.19. The van der Waals surface area contributed by atoms with Gasteiger partial charge in [-0.3, -0.25) is 4.79 Å². The molecule has 0 unspecified atom stereocenters. The fourth-order valence-electron chi connectivity index (χ4n) is 3.02. The molecule has 1 heterocycles. The summed E-state index contributed by atoms with van der Waals surface area (Å²) < 4.78 is 2.09. The van der Waals surface area contributed by atoms with E-state index < -0.39 is 0 Å². The number of aromatic nitrogens is 2. The van der Waals surface area contributed by atoms with Crippen molar-refractivity contribution >= 4 is 17.7 Å². The SMILES string of the molecule is CC(C)NC(=O)CSCc1nn(-c2ccccc2)c2c1CCC2. The number of hydrogen-bond donors (Lipinski definition) is 1. The first kappa shape index (κ1) is 16.1. The van der Waals surface area contributed by atoms with Gasteiger partial charge in [0.1, 0.15) is 0 Å². The quantitative estimate of drug-likeness (QED) is 0.886. The van der Waals surface area contributed by atoms with Crippen molar-refractivity contribution in [2.24, 2.45) is 0 Å². The van der Waals surface area contributed by atoms with Crippen LogP contribution in [0.3, 0.4) is 0 Å². The highest BCUT2D eigenvalue weighted by atomic mass is 32.2. The third-order valence-electron chi connectivity index (χ3n) is 3.94. The maximum absolute atomic E-state index is 11.7. The van der Waals surface area contributed by atoms with Crippen molar-refractivity contribution < 1.29 is 4.79 Å². The van der Waals surface area contributed by atoms with E-state index in [1.54, 1.807) is 11.8 Å². The van der Waals surface area contributed by atoms with Crippen LogP contribution < -0.4 is 5.32 Å². The second-order valence-corrected chi connectivity index (χ2v) is 7.17. The number of nitrogens with one attached hydrogen (secondary N) is 1. The average Bonchev–Trinajstić information content (AvgIpc) is 3.11. The lowest BCUT2D eigenvalue weighted by atomic mass is 10.2. The molecule has 3 rings (SSSR count). The van der Waals surface area contributed by atoms with Gasteiger partial charge in [0.05, 0.1) is 17.1 Å². The lowest BCUT2D eigenvalue weighted by molar-refractivity contribution is -0.119. The highest BCUT2D eigenvalue weighted by Gasteiger charge is 2.23. The molecule has 0 saturated carbocycles. The summed E-state index contributed by atoms with van der Waals surface area (Å²) >= 11 is 1.64. The Labute approximate surface area is 141 Å². The first-order valence-electron chi connectivity index (χ1n) is 8.17. The van der Waals surface area contributed by atoms with Crippen LogP contribution in [0.4, 0.5) is 0 Å². The number of fused-ring (bicyclic) bond motifs is 1. The number of hydrogen-bond acceptors (Lipinski definition) is 3. The normalized spacial score (nSPS) is 13.3. The summed E-state index contributed by atoms with van der Waals surface area (Å²) in [6.45, 7) is 3.97. The van der Waals surface area contributed by atoms with Crippen LogP contribution in [-0.2, 0) is 23.4 Å². The Balaban J connectivity index is 1.70. The highest BCUT2D eigenvalue weighted by Crippen LogP contribution is 2.29.